The summed E-state index contributed by atoms with van der Waals surface area (Å²) < 4.78 is 0. The first-order valence-corrected chi connectivity index (χ1v) is 7.20. The number of carbonyl (C=O) groups excluding carboxylic acids is 1. The minimum absolute atomic E-state index is 0.0259. The van der Waals surface area contributed by atoms with E-state index >= 15 is 0 Å². The lowest BCUT2D eigenvalue weighted by Gasteiger charge is -2.45. The lowest BCUT2D eigenvalue weighted by molar-refractivity contribution is 0.106. The second kappa shape index (κ2) is 4.51. The van der Waals surface area contributed by atoms with Crippen LogP contribution in [-0.4, -0.2) is 41.1 Å². The van der Waals surface area contributed by atoms with Gasteiger partial charge in [-0.3, -0.25) is 5.32 Å². The number of hydrogen-bond donors (Lipinski definition) is 2. The molecule has 2 unspecified atom stereocenters. The minimum Gasteiger partial charge on any atom is -0.319 e. The molecule has 2 atom stereocenters. The van der Waals surface area contributed by atoms with Crippen molar-refractivity contribution in [1.82, 2.24) is 15.2 Å². The number of rotatable bonds is 1. The summed E-state index contributed by atoms with van der Waals surface area (Å²) in [5.74, 6) is 0. The van der Waals surface area contributed by atoms with Crippen molar-refractivity contribution in [3.8, 4) is 0 Å². The highest BCUT2D eigenvalue weighted by atomic mass is 32.1. The molecule has 4 heterocycles. The van der Waals surface area contributed by atoms with Gasteiger partial charge in [-0.15, -0.1) is 11.3 Å². The molecule has 18 heavy (non-hydrogen) atoms. The van der Waals surface area contributed by atoms with Gasteiger partial charge in [-0.1, -0.05) is 0 Å². The zero-order chi connectivity index (χ0) is 12.7. The lowest BCUT2D eigenvalue weighted by Crippen LogP contribution is -2.63. The lowest BCUT2D eigenvalue weighted by atomic mass is 9.93. The highest BCUT2D eigenvalue weighted by Crippen LogP contribution is 2.26. The Bertz CT molecular complexity index is 465. The van der Waals surface area contributed by atoms with Gasteiger partial charge in [0, 0.05) is 25.2 Å². The van der Waals surface area contributed by atoms with Crippen LogP contribution in [0.2, 0.25) is 0 Å². The monoisotopic (exact) mass is 266 g/mol. The van der Waals surface area contributed by atoms with E-state index in [-0.39, 0.29) is 6.03 Å². The van der Waals surface area contributed by atoms with Crippen molar-refractivity contribution in [3.63, 3.8) is 0 Å². The van der Waals surface area contributed by atoms with Gasteiger partial charge < -0.3 is 10.2 Å². The van der Waals surface area contributed by atoms with Crippen molar-refractivity contribution in [2.24, 2.45) is 0 Å². The van der Waals surface area contributed by atoms with E-state index in [1.165, 1.54) is 6.42 Å². The fourth-order valence-electron chi connectivity index (χ4n) is 2.77. The second-order valence-corrected chi connectivity index (χ2v) is 6.27. The Morgan fingerprint density at radius 1 is 1.50 bits per heavy atom. The van der Waals surface area contributed by atoms with E-state index in [9.17, 15) is 4.79 Å². The van der Waals surface area contributed by atoms with Gasteiger partial charge in [0.2, 0.25) is 0 Å². The third-order valence-corrected chi connectivity index (χ3v) is 4.72. The van der Waals surface area contributed by atoms with Crippen LogP contribution in [-0.2, 0) is 0 Å². The topological polar surface area (TPSA) is 57.3 Å². The molecule has 3 aliphatic rings. The molecule has 0 spiro atoms. The number of hydrogen-bond acceptors (Lipinski definition) is 4. The third-order valence-electron chi connectivity index (χ3n) is 3.73. The third kappa shape index (κ3) is 2.10. The van der Waals surface area contributed by atoms with E-state index in [0.29, 0.717) is 12.1 Å². The first kappa shape index (κ1) is 11.9. The maximum absolute atomic E-state index is 12.3. The Morgan fingerprint density at radius 3 is 2.83 bits per heavy atom. The molecule has 2 bridgehead atoms. The molecule has 3 fully saturated rings. The van der Waals surface area contributed by atoms with Crippen LogP contribution < -0.4 is 10.6 Å². The number of carbonyl (C=O) groups is 1. The molecule has 3 aliphatic heterocycles. The van der Waals surface area contributed by atoms with Crippen LogP contribution in [0.15, 0.2) is 0 Å². The van der Waals surface area contributed by atoms with Crippen LogP contribution in [0.4, 0.5) is 9.80 Å². The molecule has 98 valence electrons. The second-order valence-electron chi connectivity index (χ2n) is 5.07. The number of piperazine rings is 1. The molecule has 0 aromatic carbocycles. The van der Waals surface area contributed by atoms with E-state index in [4.69, 9.17) is 0 Å². The van der Waals surface area contributed by atoms with Gasteiger partial charge >= 0.3 is 6.03 Å². The number of amides is 2. The molecule has 0 aliphatic carbocycles. The number of nitrogens with zero attached hydrogens (tertiary/aromatic N) is 2. The van der Waals surface area contributed by atoms with Gasteiger partial charge in [0.15, 0.2) is 0 Å². The largest absolute Gasteiger partial charge is 0.322 e. The van der Waals surface area contributed by atoms with E-state index in [1.807, 2.05) is 18.7 Å². The number of nitrogens with one attached hydrogen (secondary N) is 2. The SMILES string of the molecule is Cc1nc(C)c(NC(=O)N2CC3CCC2CN3)s1. The van der Waals surface area contributed by atoms with Crippen LogP contribution in [0, 0.1) is 13.8 Å². The van der Waals surface area contributed by atoms with Crippen LogP contribution >= 0.6 is 11.3 Å². The summed E-state index contributed by atoms with van der Waals surface area (Å²) in [5, 5.41) is 8.32. The van der Waals surface area contributed by atoms with Gasteiger partial charge in [-0.25, -0.2) is 9.78 Å². The Balaban J connectivity index is 1.70. The molecule has 2 N–H and O–H groups in total. The number of fused-ring (bicyclic) bond motifs is 3. The Kier molecular flexibility index (Phi) is 2.99. The van der Waals surface area contributed by atoms with Gasteiger partial charge in [0.05, 0.1) is 10.7 Å². The zero-order valence-corrected chi connectivity index (χ0v) is 11.5. The van der Waals surface area contributed by atoms with E-state index in [0.717, 1.165) is 35.2 Å². The van der Waals surface area contributed by atoms with Gasteiger partial charge in [0.1, 0.15) is 5.00 Å². The average molecular weight is 266 g/mol. The molecular formula is C12H18N4OS. The summed E-state index contributed by atoms with van der Waals surface area (Å²) in [6, 6.07) is 0.854. The van der Waals surface area contributed by atoms with Crippen molar-refractivity contribution in [1.29, 1.82) is 0 Å². The van der Waals surface area contributed by atoms with E-state index < -0.39 is 0 Å². The molecule has 0 radical (unpaired) electrons. The fraction of sp³-hybridized carbons (Fsp3) is 0.667. The highest BCUT2D eigenvalue weighted by molar-refractivity contribution is 7.16. The molecule has 1 aromatic rings. The number of anilines is 1. The number of aryl methyl sites for hydroxylation is 2. The number of aromatic nitrogens is 1. The number of urea groups is 1. The summed E-state index contributed by atoms with van der Waals surface area (Å²) in [6.07, 6.45) is 2.30. The standard InChI is InChI=1S/C12H18N4OS/c1-7-11(18-8(2)14-7)15-12(17)16-6-9-3-4-10(16)5-13-9/h9-10,13H,3-6H2,1-2H3,(H,15,17). The van der Waals surface area contributed by atoms with E-state index in [1.54, 1.807) is 11.3 Å². The first-order chi connectivity index (χ1) is 8.63. The molecule has 6 heteroatoms. The van der Waals surface area contributed by atoms with Crippen LogP contribution in [0.5, 0.6) is 0 Å². The molecule has 5 nitrogen and oxygen atoms in total. The Morgan fingerprint density at radius 2 is 2.33 bits per heavy atom. The van der Waals surface area contributed by atoms with Crippen molar-refractivity contribution in [3.05, 3.63) is 10.7 Å². The summed E-state index contributed by atoms with van der Waals surface area (Å²) in [5.41, 5.74) is 0.908. The highest BCUT2D eigenvalue weighted by Gasteiger charge is 2.36. The quantitative estimate of drug-likeness (QED) is 0.814. The molecule has 3 saturated heterocycles. The Labute approximate surface area is 111 Å². The van der Waals surface area contributed by atoms with Crippen molar-refractivity contribution < 1.29 is 4.79 Å². The summed E-state index contributed by atoms with van der Waals surface area (Å²) in [7, 11) is 0. The summed E-state index contributed by atoms with van der Waals surface area (Å²) >= 11 is 1.54. The van der Waals surface area contributed by atoms with Crippen LogP contribution in [0.1, 0.15) is 23.5 Å². The average Bonchev–Trinajstić information content (AvgIpc) is 2.69. The van der Waals surface area contributed by atoms with Crippen molar-refractivity contribution in [2.75, 3.05) is 18.4 Å². The Hall–Kier alpha value is -1.14. The first-order valence-electron chi connectivity index (χ1n) is 6.38. The normalized spacial score (nSPS) is 26.4. The molecule has 2 amide bonds. The summed E-state index contributed by atoms with van der Waals surface area (Å²) in [4.78, 5) is 18.6. The molecular weight excluding hydrogens is 248 g/mol. The predicted molar refractivity (Wildman–Crippen MR) is 72.1 cm³/mol. The van der Waals surface area contributed by atoms with Crippen molar-refractivity contribution in [2.45, 2.75) is 38.8 Å². The minimum atomic E-state index is 0.0259. The van der Waals surface area contributed by atoms with Crippen LogP contribution in [0.25, 0.3) is 0 Å². The fourth-order valence-corrected chi connectivity index (χ4v) is 3.58. The maximum atomic E-state index is 12.3. The van der Waals surface area contributed by atoms with Gasteiger partial charge in [-0.05, 0) is 26.7 Å². The number of piperidine rings is 2. The maximum Gasteiger partial charge on any atom is 0.322 e. The van der Waals surface area contributed by atoms with Gasteiger partial charge in [-0.2, -0.15) is 0 Å². The van der Waals surface area contributed by atoms with Crippen molar-refractivity contribution >= 4 is 22.4 Å². The van der Waals surface area contributed by atoms with E-state index in [2.05, 4.69) is 15.6 Å². The number of thiazole rings is 1. The smallest absolute Gasteiger partial charge is 0.319 e. The summed E-state index contributed by atoms with van der Waals surface area (Å²) in [6.45, 7) is 5.65. The predicted octanol–water partition coefficient (Wildman–Crippen LogP) is 1.73. The zero-order valence-electron chi connectivity index (χ0n) is 10.7. The molecule has 4 rings (SSSR count). The van der Waals surface area contributed by atoms with Gasteiger partial charge in [0.25, 0.3) is 0 Å². The molecule has 0 saturated carbocycles. The van der Waals surface area contributed by atoms with Crippen LogP contribution in [0.3, 0.4) is 0 Å². The molecule has 1 aromatic heterocycles.